The minimum absolute atomic E-state index is 0.0216. The molecule has 0 aromatic heterocycles. The Morgan fingerprint density at radius 3 is 2.41 bits per heavy atom. The molecule has 0 saturated carbocycles. The maximum Gasteiger partial charge on any atom is 0.283 e. The van der Waals surface area contributed by atoms with Crippen LogP contribution in [0.2, 0.25) is 10.0 Å². The van der Waals surface area contributed by atoms with E-state index in [9.17, 15) is 13.2 Å². The van der Waals surface area contributed by atoms with Gasteiger partial charge in [-0.1, -0.05) is 41.4 Å². The molecule has 0 unspecified atom stereocenters. The molecule has 9 nitrogen and oxygen atoms in total. The van der Waals surface area contributed by atoms with Gasteiger partial charge in [-0.3, -0.25) is 10.2 Å². The van der Waals surface area contributed by atoms with E-state index in [-0.39, 0.29) is 34.2 Å². The second-order valence-corrected chi connectivity index (χ2v) is 10.9. The lowest BCUT2D eigenvalue weighted by molar-refractivity contribution is -0.114. The largest absolute Gasteiger partial charge is 0.488 e. The van der Waals surface area contributed by atoms with Crippen molar-refractivity contribution in [3.8, 4) is 11.5 Å². The fourth-order valence-electron chi connectivity index (χ4n) is 2.88. The first-order chi connectivity index (χ1) is 16.1. The molecule has 1 amide bonds. The number of sulfone groups is 1. The highest BCUT2D eigenvalue weighted by atomic mass is 35.5. The van der Waals surface area contributed by atoms with Gasteiger partial charge in [-0.2, -0.15) is 10.0 Å². The summed E-state index contributed by atoms with van der Waals surface area (Å²) >= 11 is 13.1. The van der Waals surface area contributed by atoms with E-state index in [0.29, 0.717) is 27.1 Å². The van der Waals surface area contributed by atoms with Gasteiger partial charge in [-0.25, -0.2) is 8.42 Å². The molecule has 2 heterocycles. The van der Waals surface area contributed by atoms with E-state index in [1.807, 2.05) is 6.07 Å². The molecule has 2 aromatic carbocycles. The Labute approximate surface area is 209 Å². The lowest BCUT2D eigenvalue weighted by Crippen LogP contribution is -2.35. The molecule has 0 saturated heterocycles. The lowest BCUT2D eigenvalue weighted by atomic mass is 10.1. The van der Waals surface area contributed by atoms with Crippen molar-refractivity contribution in [1.29, 1.82) is 5.41 Å². The highest BCUT2D eigenvalue weighted by Crippen LogP contribution is 2.31. The van der Waals surface area contributed by atoms with Crippen LogP contribution < -0.4 is 9.47 Å². The number of aliphatic imine (C=N–C) groups is 1. The van der Waals surface area contributed by atoms with Crippen LogP contribution in [0.1, 0.15) is 5.56 Å². The smallest absolute Gasteiger partial charge is 0.283 e. The van der Waals surface area contributed by atoms with E-state index < -0.39 is 15.7 Å². The quantitative estimate of drug-likeness (QED) is 0.434. The highest BCUT2D eigenvalue weighted by molar-refractivity contribution is 8.42. The predicted molar refractivity (Wildman–Crippen MR) is 134 cm³/mol. The number of ether oxygens (including phenoxy) is 2. The second-order valence-electron chi connectivity index (χ2n) is 6.98. The first kappa shape index (κ1) is 24.3. The summed E-state index contributed by atoms with van der Waals surface area (Å²) in [6, 6.07) is 12.0. The zero-order chi connectivity index (χ0) is 24.5. The zero-order valence-corrected chi connectivity index (χ0v) is 20.6. The minimum Gasteiger partial charge on any atom is -0.488 e. The van der Waals surface area contributed by atoms with Gasteiger partial charge in [0, 0.05) is 6.26 Å². The highest BCUT2D eigenvalue weighted by Gasteiger charge is 2.38. The number of para-hydroxylation sites is 1. The van der Waals surface area contributed by atoms with Crippen LogP contribution in [0.4, 0.5) is 0 Å². The number of hydrogen-bond acceptors (Lipinski definition) is 8. The van der Waals surface area contributed by atoms with Gasteiger partial charge in [0.25, 0.3) is 5.91 Å². The number of halogens is 2. The van der Waals surface area contributed by atoms with Crippen molar-refractivity contribution in [2.24, 2.45) is 10.1 Å². The summed E-state index contributed by atoms with van der Waals surface area (Å²) in [6.45, 7) is 0.473. The maximum absolute atomic E-state index is 12.5. The number of hydrazone groups is 1. The molecule has 2 aromatic rings. The second kappa shape index (κ2) is 9.79. The van der Waals surface area contributed by atoms with Crippen LogP contribution in [0.3, 0.4) is 0 Å². The summed E-state index contributed by atoms with van der Waals surface area (Å²) in [6.07, 6.45) is 2.42. The molecule has 0 atom stereocenters. The molecule has 0 bridgehead atoms. The summed E-state index contributed by atoms with van der Waals surface area (Å²) in [5, 5.41) is 14.0. The molecular weight excluding hydrogens is 523 g/mol. The third kappa shape index (κ3) is 5.27. The fraction of sp³-hybridized carbons (Fsp3) is 0.143. The van der Waals surface area contributed by atoms with Crippen LogP contribution in [-0.4, -0.2) is 54.2 Å². The van der Waals surface area contributed by atoms with Gasteiger partial charge in [0.1, 0.15) is 24.7 Å². The Morgan fingerprint density at radius 2 is 1.76 bits per heavy atom. The number of rotatable bonds is 6. The molecule has 1 N–H and O–H groups in total. The van der Waals surface area contributed by atoms with Crippen molar-refractivity contribution >= 4 is 72.2 Å². The lowest BCUT2D eigenvalue weighted by Gasteiger charge is -2.20. The average molecular weight is 539 g/mol. The number of amides is 1. The number of thioether (sulfide) groups is 1. The van der Waals surface area contributed by atoms with Crippen LogP contribution in [0, 0.1) is 5.41 Å². The van der Waals surface area contributed by atoms with Crippen LogP contribution in [-0.2, 0) is 14.6 Å². The Hall–Kier alpha value is -2.86. The molecule has 0 aliphatic carbocycles. The molecule has 0 spiro atoms. The van der Waals surface area contributed by atoms with E-state index >= 15 is 0 Å². The van der Waals surface area contributed by atoms with Crippen molar-refractivity contribution in [3.05, 3.63) is 63.6 Å². The number of fused-ring (bicyclic) bond motifs is 1. The Balaban J connectivity index is 1.44. The van der Waals surface area contributed by atoms with Crippen molar-refractivity contribution in [2.45, 2.75) is 0 Å². The van der Waals surface area contributed by atoms with Gasteiger partial charge in [0.2, 0.25) is 19.4 Å². The number of carbonyl (C=O) groups is 1. The van der Waals surface area contributed by atoms with Gasteiger partial charge in [0.05, 0.1) is 15.6 Å². The number of nitrogens with zero attached hydrogens (tertiary/aromatic N) is 3. The van der Waals surface area contributed by atoms with Gasteiger partial charge < -0.3 is 9.47 Å². The van der Waals surface area contributed by atoms with E-state index in [1.54, 1.807) is 36.4 Å². The van der Waals surface area contributed by atoms with E-state index in [1.165, 1.54) is 6.08 Å². The van der Waals surface area contributed by atoms with Crippen molar-refractivity contribution in [3.63, 3.8) is 0 Å². The third-order valence-corrected chi connectivity index (χ3v) is 7.64. The predicted octanol–water partition coefficient (Wildman–Crippen LogP) is 4.07. The van der Waals surface area contributed by atoms with Crippen molar-refractivity contribution in [2.75, 3.05) is 19.5 Å². The van der Waals surface area contributed by atoms with Crippen molar-refractivity contribution < 1.29 is 22.7 Å². The number of amidine groups is 2. The molecule has 13 heteroatoms. The standard InChI is InChI=1S/C21H16Cl2N4O5S2/c1-34(29,30)21-26-27-18(24)13(19(28)25-20(27)33-21)10-12-6-7-17(15(23)11-12)32-9-8-31-16-5-3-2-4-14(16)22/h2-7,10-11,24H,8-9H2,1H3/b13-10-,24-18?. The summed E-state index contributed by atoms with van der Waals surface area (Å²) < 4.78 is 34.5. The fourth-order valence-corrected chi connectivity index (χ4v) is 5.00. The molecular formula is C21H16Cl2N4O5S2. The maximum atomic E-state index is 12.5. The van der Waals surface area contributed by atoms with Crippen LogP contribution in [0.15, 0.2) is 58.1 Å². The van der Waals surface area contributed by atoms with Crippen LogP contribution >= 0.6 is 35.0 Å². The topological polar surface area (TPSA) is 121 Å². The Bertz CT molecular complexity index is 1390. The van der Waals surface area contributed by atoms with Gasteiger partial charge >= 0.3 is 0 Å². The molecule has 2 aliphatic heterocycles. The monoisotopic (exact) mass is 538 g/mol. The first-order valence-corrected chi connectivity index (χ1v) is 13.1. The SMILES string of the molecule is CS(=O)(=O)C1=NN2C(=N)/C(=C/c3ccc(OCCOc4ccccc4Cl)c(Cl)c3)C(=O)N=C2S1. The molecule has 0 fully saturated rings. The Morgan fingerprint density at radius 1 is 1.09 bits per heavy atom. The average Bonchev–Trinajstić information content (AvgIpc) is 3.21. The van der Waals surface area contributed by atoms with Gasteiger partial charge in [0.15, 0.2) is 5.84 Å². The van der Waals surface area contributed by atoms with Gasteiger partial charge in [-0.05, 0) is 47.7 Å². The number of hydrogen-bond donors (Lipinski definition) is 1. The molecule has 176 valence electrons. The molecule has 2 aliphatic rings. The molecule has 34 heavy (non-hydrogen) atoms. The normalized spacial score (nSPS) is 16.9. The number of nitrogens with one attached hydrogen (secondary N) is 1. The summed E-state index contributed by atoms with van der Waals surface area (Å²) in [7, 11) is -3.60. The molecule has 0 radical (unpaired) electrons. The van der Waals surface area contributed by atoms with E-state index in [4.69, 9.17) is 38.1 Å². The van der Waals surface area contributed by atoms with Crippen molar-refractivity contribution in [1.82, 2.24) is 5.01 Å². The number of benzene rings is 2. The summed E-state index contributed by atoms with van der Waals surface area (Å²) in [5.74, 6) is 0.00195. The number of carbonyl (C=O) groups excluding carboxylic acids is 1. The van der Waals surface area contributed by atoms with Crippen LogP contribution in [0.25, 0.3) is 6.08 Å². The van der Waals surface area contributed by atoms with E-state index in [2.05, 4.69) is 10.1 Å². The van der Waals surface area contributed by atoms with Crippen LogP contribution in [0.5, 0.6) is 11.5 Å². The van der Waals surface area contributed by atoms with E-state index in [0.717, 1.165) is 23.0 Å². The molecule has 4 rings (SSSR count). The minimum atomic E-state index is -3.60. The first-order valence-electron chi connectivity index (χ1n) is 9.63. The third-order valence-electron chi connectivity index (χ3n) is 4.46. The van der Waals surface area contributed by atoms with Gasteiger partial charge in [-0.15, -0.1) is 5.10 Å². The Kier molecular flexibility index (Phi) is 6.99. The zero-order valence-electron chi connectivity index (χ0n) is 17.5. The summed E-state index contributed by atoms with van der Waals surface area (Å²) in [5.41, 5.74) is 0.469. The summed E-state index contributed by atoms with van der Waals surface area (Å²) in [4.78, 5) is 16.3.